The molecule has 0 radical (unpaired) electrons. The maximum absolute atomic E-state index is 11.0. The van der Waals surface area contributed by atoms with E-state index < -0.39 is 5.63 Å². The predicted octanol–water partition coefficient (Wildman–Crippen LogP) is 1.23. The Morgan fingerprint density at radius 2 is 2.36 bits per heavy atom. The third-order valence-electron chi connectivity index (χ3n) is 1.36. The van der Waals surface area contributed by atoms with Crippen LogP contribution in [0.4, 0.5) is 0 Å². The van der Waals surface area contributed by atoms with Gasteiger partial charge in [-0.05, 0) is 12.1 Å². The fourth-order valence-electron chi connectivity index (χ4n) is 0.765. The number of rotatable bonds is 2. The molecule has 3 nitrogen and oxygen atoms in total. The maximum atomic E-state index is 11.0. The molecule has 0 saturated heterocycles. The summed E-state index contributed by atoms with van der Waals surface area (Å²) in [6, 6.07) is 3.00. The topological polar surface area (TPSA) is 47.3 Å². The molecule has 11 heavy (non-hydrogen) atoms. The molecule has 0 aliphatic rings. The fraction of sp³-hybridized carbons (Fsp3) is 0.250. The summed E-state index contributed by atoms with van der Waals surface area (Å²) in [6.07, 6.45) is 1.59. The van der Waals surface area contributed by atoms with E-state index in [0.717, 1.165) is 0 Å². The van der Waals surface area contributed by atoms with E-state index in [1.54, 1.807) is 6.92 Å². The van der Waals surface area contributed by atoms with Gasteiger partial charge in [0.1, 0.15) is 5.56 Å². The Morgan fingerprint density at radius 1 is 1.64 bits per heavy atom. The highest BCUT2D eigenvalue weighted by Gasteiger charge is 2.07. The third kappa shape index (κ3) is 1.55. The normalized spacial score (nSPS) is 9.55. The summed E-state index contributed by atoms with van der Waals surface area (Å²) in [4.78, 5) is 21.8. The Labute approximate surface area is 63.7 Å². The Bertz CT molecular complexity index is 311. The molecule has 0 N–H and O–H groups in total. The molecule has 1 heterocycles. The molecule has 0 amide bonds. The molecular weight excluding hydrogens is 144 g/mol. The van der Waals surface area contributed by atoms with Crippen molar-refractivity contribution in [2.24, 2.45) is 0 Å². The lowest BCUT2D eigenvalue weighted by molar-refractivity contribution is 0.0984. The minimum Gasteiger partial charge on any atom is -0.431 e. The van der Waals surface area contributed by atoms with Gasteiger partial charge in [0, 0.05) is 6.42 Å². The average Bonchev–Trinajstić information content (AvgIpc) is 2.04. The van der Waals surface area contributed by atoms with Gasteiger partial charge in [-0.15, -0.1) is 0 Å². The van der Waals surface area contributed by atoms with Gasteiger partial charge < -0.3 is 4.42 Å². The lowest BCUT2D eigenvalue weighted by Crippen LogP contribution is -2.11. The van der Waals surface area contributed by atoms with Gasteiger partial charge in [0.15, 0.2) is 5.78 Å². The van der Waals surface area contributed by atoms with Crippen molar-refractivity contribution in [1.82, 2.24) is 0 Å². The molecule has 0 spiro atoms. The minimum absolute atomic E-state index is 0.134. The van der Waals surface area contributed by atoms with Crippen LogP contribution in [0.2, 0.25) is 0 Å². The fourth-order valence-corrected chi connectivity index (χ4v) is 0.765. The van der Waals surface area contributed by atoms with Crippen LogP contribution in [0.1, 0.15) is 23.7 Å². The third-order valence-corrected chi connectivity index (χ3v) is 1.36. The van der Waals surface area contributed by atoms with Crippen LogP contribution in [0.25, 0.3) is 0 Å². The number of Topliss-reactive ketones (excluding diaryl/α,β-unsaturated/α-hetero) is 1. The van der Waals surface area contributed by atoms with Crippen molar-refractivity contribution in [2.45, 2.75) is 13.3 Å². The molecule has 0 fully saturated rings. The van der Waals surface area contributed by atoms with Gasteiger partial charge in [-0.25, -0.2) is 4.79 Å². The molecule has 58 valence electrons. The van der Waals surface area contributed by atoms with Crippen LogP contribution in [0, 0.1) is 0 Å². The number of ketones is 1. The van der Waals surface area contributed by atoms with E-state index in [1.165, 1.54) is 18.4 Å². The van der Waals surface area contributed by atoms with Gasteiger partial charge in [0.25, 0.3) is 0 Å². The van der Waals surface area contributed by atoms with E-state index in [4.69, 9.17) is 0 Å². The number of carbonyl (C=O) groups is 1. The van der Waals surface area contributed by atoms with E-state index in [0.29, 0.717) is 6.42 Å². The smallest absolute Gasteiger partial charge is 0.346 e. The van der Waals surface area contributed by atoms with Crippen LogP contribution in [-0.2, 0) is 0 Å². The molecule has 0 aliphatic carbocycles. The van der Waals surface area contributed by atoms with Gasteiger partial charge in [-0.3, -0.25) is 4.79 Å². The molecule has 1 rings (SSSR count). The minimum atomic E-state index is -0.556. The summed E-state index contributed by atoms with van der Waals surface area (Å²) in [5.74, 6) is -0.181. The van der Waals surface area contributed by atoms with E-state index >= 15 is 0 Å². The first kappa shape index (κ1) is 7.72. The first-order chi connectivity index (χ1) is 5.25. The van der Waals surface area contributed by atoms with Gasteiger partial charge >= 0.3 is 5.63 Å². The summed E-state index contributed by atoms with van der Waals surface area (Å²) in [7, 11) is 0. The molecule has 0 aromatic carbocycles. The highest BCUT2D eigenvalue weighted by molar-refractivity contribution is 5.95. The summed E-state index contributed by atoms with van der Waals surface area (Å²) < 4.78 is 4.50. The second-order valence-electron chi connectivity index (χ2n) is 2.09. The van der Waals surface area contributed by atoms with Gasteiger partial charge in [0.05, 0.1) is 6.26 Å². The van der Waals surface area contributed by atoms with Crippen LogP contribution in [0.3, 0.4) is 0 Å². The van der Waals surface area contributed by atoms with Crippen LogP contribution in [0.5, 0.6) is 0 Å². The number of hydrogen-bond donors (Lipinski definition) is 0. The van der Waals surface area contributed by atoms with Crippen LogP contribution in [0.15, 0.2) is 27.6 Å². The van der Waals surface area contributed by atoms with Gasteiger partial charge in [0.2, 0.25) is 0 Å². The average molecular weight is 152 g/mol. The van der Waals surface area contributed by atoms with E-state index in [2.05, 4.69) is 4.42 Å². The van der Waals surface area contributed by atoms with Crippen molar-refractivity contribution in [3.63, 3.8) is 0 Å². The first-order valence-electron chi connectivity index (χ1n) is 3.36. The zero-order valence-corrected chi connectivity index (χ0v) is 6.16. The van der Waals surface area contributed by atoms with Crippen molar-refractivity contribution in [1.29, 1.82) is 0 Å². The van der Waals surface area contributed by atoms with Crippen LogP contribution < -0.4 is 5.63 Å². The lowest BCUT2D eigenvalue weighted by atomic mass is 10.1. The second-order valence-corrected chi connectivity index (χ2v) is 2.09. The number of hydrogen-bond acceptors (Lipinski definition) is 3. The molecule has 1 aromatic rings. The molecule has 0 atom stereocenters. The summed E-state index contributed by atoms with van der Waals surface area (Å²) in [5.41, 5.74) is -0.422. The predicted molar refractivity (Wildman–Crippen MR) is 39.6 cm³/mol. The first-order valence-corrected chi connectivity index (χ1v) is 3.36. The van der Waals surface area contributed by atoms with E-state index in [1.807, 2.05) is 0 Å². The molecule has 0 aliphatic heterocycles. The Kier molecular flexibility index (Phi) is 2.21. The molecule has 0 saturated carbocycles. The zero-order valence-electron chi connectivity index (χ0n) is 6.16. The van der Waals surface area contributed by atoms with Gasteiger partial charge in [-0.1, -0.05) is 6.92 Å². The Balaban J connectivity index is 3.14. The van der Waals surface area contributed by atoms with E-state index in [9.17, 15) is 9.59 Å². The largest absolute Gasteiger partial charge is 0.431 e. The Morgan fingerprint density at radius 3 is 2.91 bits per heavy atom. The molecule has 1 aromatic heterocycles. The molecule has 0 bridgehead atoms. The second kappa shape index (κ2) is 3.14. The zero-order chi connectivity index (χ0) is 8.27. The summed E-state index contributed by atoms with van der Waals surface area (Å²) in [5, 5.41) is 0. The molecule has 0 unspecified atom stereocenters. The van der Waals surface area contributed by atoms with Crippen molar-refractivity contribution < 1.29 is 9.21 Å². The lowest BCUT2D eigenvalue weighted by Gasteiger charge is -1.91. The molecular formula is C8H8O3. The van der Waals surface area contributed by atoms with Crippen molar-refractivity contribution in [3.05, 3.63) is 34.4 Å². The van der Waals surface area contributed by atoms with Crippen LogP contribution in [-0.4, -0.2) is 5.78 Å². The standard InChI is InChI=1S/C8H8O3/c1-2-7(9)6-4-3-5-11-8(6)10/h3-5H,2H2,1H3. The maximum Gasteiger partial charge on any atom is 0.346 e. The van der Waals surface area contributed by atoms with Crippen molar-refractivity contribution in [3.8, 4) is 0 Å². The SMILES string of the molecule is CCC(=O)c1cccoc1=O. The number of carbonyl (C=O) groups excluding carboxylic acids is 1. The van der Waals surface area contributed by atoms with Gasteiger partial charge in [-0.2, -0.15) is 0 Å². The van der Waals surface area contributed by atoms with Crippen molar-refractivity contribution in [2.75, 3.05) is 0 Å². The van der Waals surface area contributed by atoms with E-state index in [-0.39, 0.29) is 11.3 Å². The highest BCUT2D eigenvalue weighted by atomic mass is 16.4. The quantitative estimate of drug-likeness (QED) is 0.599. The highest BCUT2D eigenvalue weighted by Crippen LogP contribution is 1.95. The van der Waals surface area contributed by atoms with Crippen LogP contribution >= 0.6 is 0 Å². The Hall–Kier alpha value is -1.38. The monoisotopic (exact) mass is 152 g/mol. The van der Waals surface area contributed by atoms with Crippen molar-refractivity contribution >= 4 is 5.78 Å². The summed E-state index contributed by atoms with van der Waals surface area (Å²) in [6.45, 7) is 1.70. The summed E-state index contributed by atoms with van der Waals surface area (Å²) >= 11 is 0. The molecule has 3 heteroatoms.